The summed E-state index contributed by atoms with van der Waals surface area (Å²) in [6, 6.07) is 7.86. The molecule has 8 amide bonds. The van der Waals surface area contributed by atoms with E-state index >= 15 is 28.8 Å². The van der Waals surface area contributed by atoms with Gasteiger partial charge in [0.25, 0.3) is 0 Å². The minimum absolute atomic E-state index is 0.00541. The van der Waals surface area contributed by atoms with Gasteiger partial charge in [0.2, 0.25) is 59.3 Å². The second-order valence-corrected chi connectivity index (χ2v) is 33.0. The first-order valence-electron chi connectivity index (χ1n) is 39.9. The van der Waals surface area contributed by atoms with Gasteiger partial charge in [-0.1, -0.05) is 49.7 Å². The van der Waals surface area contributed by atoms with Crippen molar-refractivity contribution in [3.63, 3.8) is 0 Å². The van der Waals surface area contributed by atoms with Crippen LogP contribution in [-0.2, 0) is 68.5 Å². The second kappa shape index (κ2) is 36.8. The van der Waals surface area contributed by atoms with Gasteiger partial charge < -0.3 is 153 Å². The van der Waals surface area contributed by atoms with E-state index in [1.165, 1.54) is 78.3 Å². The highest BCUT2D eigenvalue weighted by atomic mass is 35.5. The number of ether oxygens (including phenoxy) is 9. The van der Waals surface area contributed by atoms with E-state index < -0.39 is 245 Å². The summed E-state index contributed by atoms with van der Waals surface area (Å²) in [5.41, 5.74) is 15.7. The van der Waals surface area contributed by atoms with Crippen LogP contribution in [0.4, 0.5) is 0 Å². The maximum Gasteiger partial charge on any atom is 0.248 e. The number of phenolic OH excluding ortho intramolecular Hbond substituents is 3. The summed E-state index contributed by atoms with van der Waals surface area (Å²) >= 11 is 7.19. The van der Waals surface area contributed by atoms with Crippen LogP contribution >= 0.6 is 11.6 Å². The molecule has 123 heavy (non-hydrogen) atoms. The molecule has 3 fully saturated rings. The number of hydrogen-bond acceptors (Lipinski definition) is 29. The van der Waals surface area contributed by atoms with Gasteiger partial charge in [0.05, 0.1) is 55.6 Å². The molecular formula is C84H101ClN12O26. The van der Waals surface area contributed by atoms with Crippen molar-refractivity contribution in [2.24, 2.45) is 23.1 Å². The van der Waals surface area contributed by atoms with E-state index in [1.54, 1.807) is 24.4 Å². The molecule has 6 aromatic carbocycles. The molecule has 0 saturated carbocycles. The molecule has 3 saturated heterocycles. The normalized spacial score (nSPS) is 30.1. The lowest BCUT2D eigenvalue weighted by Gasteiger charge is -2.47. The number of aromatic hydroxyl groups is 3. The van der Waals surface area contributed by atoms with E-state index in [2.05, 4.69) is 47.5 Å². The first-order chi connectivity index (χ1) is 58.3. The summed E-state index contributed by atoms with van der Waals surface area (Å²) in [4.78, 5) is 127. The maximum atomic E-state index is 16.6. The first kappa shape index (κ1) is 89.7. The Kier molecular flexibility index (Phi) is 26.8. The first-order valence-corrected chi connectivity index (χ1v) is 40.2. The van der Waals surface area contributed by atoms with Crippen LogP contribution in [0.3, 0.4) is 0 Å². The third-order valence-corrected chi connectivity index (χ3v) is 23.0. The van der Waals surface area contributed by atoms with Gasteiger partial charge in [-0.15, -0.1) is 0 Å². The number of likely N-dealkylation sites (N-methyl/N-ethyl adjacent to an activating group) is 1. The largest absolute Gasteiger partial charge is 0.508 e. The summed E-state index contributed by atoms with van der Waals surface area (Å²) in [5, 5.41) is 127. The molecule has 0 unspecified atom stereocenters. The highest BCUT2D eigenvalue weighted by Crippen LogP contribution is 2.50. The Morgan fingerprint density at radius 2 is 1.33 bits per heavy atom. The topological polar surface area (TPSA) is 592 Å². The van der Waals surface area contributed by atoms with Crippen molar-refractivity contribution < 1.29 is 127 Å². The van der Waals surface area contributed by atoms with E-state index in [0.717, 1.165) is 65.0 Å². The molecule has 8 aliphatic rings. The Morgan fingerprint density at radius 3 is 1.97 bits per heavy atom. The number of aromatic amines is 1. The predicted octanol–water partition coefficient (Wildman–Crippen LogP) is 1.45. The standard InChI is InChI=1S/C84H101ClN12O26/c1-34(2)21-50(89-7)75(108)96-65-67(103)39-12-18-54(48(85)23-39)119-56-25-41-24-55(71(56)123-82-72(69(105)68(104)57(33-98)120-82)122-60-31-84(6,88)74(107)36(4)117-60)118-43-13-9-37(10-14-43)70(121-59-30-83(5,87)73(106)35(3)116-59)66-81(114)95-64(77(110)90-20-19-40-32-91-49-16-15-44(115-8)28-45(40)49)47-26-42(99)27-53(101)61(47)46-22-38(11-17-52(46)100)62(78(111)97-66)94-79(112)63(41)93-76(109)51(29-58(86)102)92-80(65)113/h9-18,22-28,32,34-36,50-51,57,59-60,62-70,72-74,82,89,91,98-101,103-107H,19-21,29-31,33,87-88H2,1-8H3,(H2,86,102)(H,90,110)(H,92,113)(H,93,109)(H,94,112)(H,95,114)(H,96,108)(H,97,111)/t35-,36-,50+,51-,57+,59-,60-,62+,63+,64-,65+,66-,67+,68+,69-,70+,72+,73-,74-,82-,83-,84-/m0/s1. The molecule has 15 rings (SSSR count). The molecule has 8 aliphatic heterocycles. The van der Waals surface area contributed by atoms with E-state index in [0.29, 0.717) is 5.75 Å². The molecule has 24 N–H and O–H groups in total. The van der Waals surface area contributed by atoms with E-state index in [9.17, 15) is 55.5 Å². The van der Waals surface area contributed by atoms with Crippen molar-refractivity contribution in [2.45, 2.75) is 207 Å². The van der Waals surface area contributed by atoms with Crippen molar-refractivity contribution >= 4 is 69.8 Å². The lowest BCUT2D eigenvalue weighted by atomic mass is 9.86. The SMILES string of the molecule is CN[C@H](CC(C)C)C(=O)N[C@H]1C(=O)N[C@@H](CC(N)=O)C(=O)N[C@H]2C(=O)N[C@H]3C(=O)N[C@H](C(=O)N[C@H](C(=O)NCCc4c[nH]c5ccc(OC)cc45)c4cc(O)cc(O)c4-c4cc3ccc4O)[C@H](O[C@H]3C[C@](C)(N)[C@@H](O)[C@H](C)O3)c3ccc(cc3)Oc3cc2cc(c3O[C@@H]2O[C@H](CO)[C@@H](O)[C@H](O)[C@H]2O[C@H]2C[C@](C)(N)[C@@H](O)[C@H](C)O2)Oc2ccc(cc2Cl)[C@H]1O. The van der Waals surface area contributed by atoms with Crippen molar-refractivity contribution in [1.82, 2.24) is 47.5 Å². The average Bonchev–Trinajstić information content (AvgIpc) is 1.39. The third-order valence-electron chi connectivity index (χ3n) is 22.8. The smallest absolute Gasteiger partial charge is 0.248 e. The Morgan fingerprint density at radius 1 is 0.683 bits per heavy atom. The van der Waals surface area contributed by atoms with Gasteiger partial charge in [-0.2, -0.15) is 0 Å². The number of primary amides is 1. The van der Waals surface area contributed by atoms with Crippen LogP contribution in [-0.4, -0.2) is 228 Å². The number of benzene rings is 6. The average molecular weight is 1730 g/mol. The van der Waals surface area contributed by atoms with E-state index in [4.69, 9.17) is 71.4 Å². The fourth-order valence-corrected chi connectivity index (χ4v) is 16.4. The van der Waals surface area contributed by atoms with Gasteiger partial charge in [0.15, 0.2) is 30.2 Å². The fourth-order valence-electron chi connectivity index (χ4n) is 16.1. The Hall–Kier alpha value is -11.1. The second-order valence-electron chi connectivity index (χ2n) is 32.6. The summed E-state index contributed by atoms with van der Waals surface area (Å²) in [6.45, 7) is 8.61. The molecule has 38 nitrogen and oxygen atoms in total. The number of aliphatic hydroxyl groups is 6. The minimum Gasteiger partial charge on any atom is -0.508 e. The number of methoxy groups -OCH3 is 1. The predicted molar refractivity (Wildman–Crippen MR) is 435 cm³/mol. The zero-order chi connectivity index (χ0) is 88.7. The monoisotopic (exact) mass is 1730 g/mol. The molecular weight excluding hydrogens is 1630 g/mol. The molecule has 660 valence electrons. The molecule has 0 radical (unpaired) electrons. The Bertz CT molecular complexity index is 5150. The van der Waals surface area contributed by atoms with Gasteiger partial charge in [0.1, 0.15) is 101 Å². The van der Waals surface area contributed by atoms with Crippen LogP contribution in [0.25, 0.3) is 22.0 Å². The lowest BCUT2D eigenvalue weighted by Crippen LogP contribution is -2.64. The lowest BCUT2D eigenvalue weighted by molar-refractivity contribution is -0.333. The number of carbonyl (C=O) groups is 8. The van der Waals surface area contributed by atoms with Gasteiger partial charge in [-0.05, 0) is 160 Å². The number of amides is 8. The molecule has 11 bridgehead atoms. The fraction of sp³-hybridized carbons (Fsp3) is 0.452. The zero-order valence-corrected chi connectivity index (χ0v) is 68.8. The number of H-pyrrole nitrogens is 1. The van der Waals surface area contributed by atoms with Crippen LogP contribution in [0.15, 0.2) is 109 Å². The van der Waals surface area contributed by atoms with E-state index in [-0.39, 0.29) is 76.9 Å². The van der Waals surface area contributed by atoms with Crippen LogP contribution in [0.5, 0.6) is 51.7 Å². The number of hydrogen-bond donors (Lipinski definition) is 21. The van der Waals surface area contributed by atoms with E-state index in [1.807, 2.05) is 13.8 Å². The number of aliphatic hydroxyl groups excluding tert-OH is 6. The highest BCUT2D eigenvalue weighted by molar-refractivity contribution is 6.32. The van der Waals surface area contributed by atoms with Gasteiger partial charge in [-0.25, -0.2) is 0 Å². The highest BCUT2D eigenvalue weighted by Gasteiger charge is 2.53. The number of rotatable bonds is 19. The number of nitrogens with one attached hydrogen (secondary N) is 9. The Balaban J connectivity index is 1.03. The molecule has 0 spiro atoms. The van der Waals surface area contributed by atoms with Crippen LogP contribution in [0, 0.1) is 5.92 Å². The molecule has 0 aliphatic carbocycles. The van der Waals surface area contributed by atoms with Crippen LogP contribution < -0.4 is 78.7 Å². The third kappa shape index (κ3) is 19.3. The number of carbonyl (C=O) groups excluding carboxylic acids is 8. The summed E-state index contributed by atoms with van der Waals surface area (Å²) < 4.78 is 57.9. The van der Waals surface area contributed by atoms with Crippen molar-refractivity contribution in [3.05, 3.63) is 148 Å². The van der Waals surface area contributed by atoms with Crippen molar-refractivity contribution in [3.8, 4) is 62.9 Å². The zero-order valence-electron chi connectivity index (χ0n) is 68.0. The summed E-state index contributed by atoms with van der Waals surface area (Å²) in [7, 11) is 2.99. The molecule has 1 aromatic heterocycles. The van der Waals surface area contributed by atoms with Gasteiger partial charge in [0, 0.05) is 64.8 Å². The molecule has 39 heteroatoms. The number of halogens is 1. The van der Waals surface area contributed by atoms with Crippen molar-refractivity contribution in [1.29, 1.82) is 0 Å². The number of fused-ring (bicyclic) bond motifs is 16. The summed E-state index contributed by atoms with van der Waals surface area (Å²) in [6.07, 6.45) is -20.5. The maximum absolute atomic E-state index is 16.6. The quantitative estimate of drug-likeness (QED) is 0.0545. The number of phenols is 3. The van der Waals surface area contributed by atoms with Gasteiger partial charge in [-0.3, -0.25) is 38.4 Å². The molecule has 9 heterocycles. The number of nitrogens with two attached hydrogens (primary N) is 3. The Labute approximate surface area is 709 Å². The van der Waals surface area contributed by atoms with Crippen molar-refractivity contribution in [2.75, 3.05) is 27.3 Å². The summed E-state index contributed by atoms with van der Waals surface area (Å²) in [5.74, 6) is -13.7. The minimum atomic E-state index is -2.35. The number of aromatic nitrogens is 1. The van der Waals surface area contributed by atoms with Crippen LogP contribution in [0.1, 0.15) is 131 Å². The van der Waals surface area contributed by atoms with Crippen LogP contribution in [0.2, 0.25) is 5.02 Å². The van der Waals surface area contributed by atoms with Gasteiger partial charge >= 0.3 is 0 Å². The molecule has 7 aromatic rings. The molecule has 22 atom stereocenters.